The molecule has 0 bridgehead atoms. The first kappa shape index (κ1) is 36.9. The maximum absolute atomic E-state index is 12.3. The summed E-state index contributed by atoms with van der Waals surface area (Å²) in [5.41, 5.74) is 6.48. The van der Waals surface area contributed by atoms with Crippen LogP contribution in [-0.2, 0) is 32.2 Å². The standard InChI is InChI=1S/C41H48N2O7/c1-27-36(25-43(3)28(2)39(48)31-10-5-4-6-11-31)49-41(50-40(27)32-18-16-29(26-44)17-19-32)33-22-20-30(21-23-33)35-13-8-7-12-34(35)24-42-37(45)14-9-15-38(46)47/h4-8,10-13,16-23,27-28,36,39-41,44,48H,9,14-15,24-26H2,1-3H3,(H,42,45)(H,46,47)/t27-,28+,36+,39+,40+,41+/m0/s1. The number of carboxylic acids is 1. The van der Waals surface area contributed by atoms with Gasteiger partial charge in [0.15, 0.2) is 6.29 Å². The highest BCUT2D eigenvalue weighted by Crippen LogP contribution is 2.42. The molecule has 1 saturated heterocycles. The van der Waals surface area contributed by atoms with Crippen LogP contribution in [0.3, 0.4) is 0 Å². The maximum atomic E-state index is 12.3. The van der Waals surface area contributed by atoms with E-state index in [1.165, 1.54) is 0 Å². The van der Waals surface area contributed by atoms with Crippen LogP contribution in [0.1, 0.15) is 79.4 Å². The third kappa shape index (κ3) is 9.44. The minimum absolute atomic E-state index is 0.0137. The van der Waals surface area contributed by atoms with Crippen molar-refractivity contribution in [1.29, 1.82) is 0 Å². The molecule has 1 fully saturated rings. The lowest BCUT2D eigenvalue weighted by Crippen LogP contribution is -2.46. The van der Waals surface area contributed by atoms with Crippen LogP contribution in [0.5, 0.6) is 0 Å². The topological polar surface area (TPSA) is 129 Å². The molecule has 0 aliphatic carbocycles. The Morgan fingerprint density at radius 1 is 0.860 bits per heavy atom. The summed E-state index contributed by atoms with van der Waals surface area (Å²) < 4.78 is 13.4. The molecule has 50 heavy (non-hydrogen) atoms. The van der Waals surface area contributed by atoms with Gasteiger partial charge >= 0.3 is 5.97 Å². The molecule has 0 unspecified atom stereocenters. The summed E-state index contributed by atoms with van der Waals surface area (Å²) in [5.74, 6) is -1.10. The van der Waals surface area contributed by atoms with Gasteiger partial charge in [0.05, 0.1) is 24.9 Å². The van der Waals surface area contributed by atoms with E-state index in [1.807, 2.05) is 117 Å². The van der Waals surface area contributed by atoms with Crippen LogP contribution in [0.2, 0.25) is 0 Å². The Balaban J connectivity index is 1.33. The summed E-state index contributed by atoms with van der Waals surface area (Å²) in [4.78, 5) is 25.2. The fourth-order valence-electron chi connectivity index (χ4n) is 6.41. The van der Waals surface area contributed by atoms with Crippen LogP contribution >= 0.6 is 0 Å². The Labute approximate surface area is 294 Å². The van der Waals surface area contributed by atoms with Gasteiger partial charge in [-0.3, -0.25) is 14.5 Å². The van der Waals surface area contributed by atoms with E-state index in [0.717, 1.165) is 38.9 Å². The number of aliphatic hydroxyl groups is 2. The van der Waals surface area contributed by atoms with Gasteiger partial charge in [0.25, 0.3) is 0 Å². The zero-order chi connectivity index (χ0) is 35.6. The molecule has 0 aromatic heterocycles. The minimum atomic E-state index is -0.909. The molecule has 0 radical (unpaired) electrons. The number of carbonyl (C=O) groups is 2. The number of carboxylic acid groups (broad SMARTS) is 1. The van der Waals surface area contributed by atoms with Crippen molar-refractivity contribution >= 4 is 11.9 Å². The van der Waals surface area contributed by atoms with Crippen molar-refractivity contribution in [1.82, 2.24) is 10.2 Å². The largest absolute Gasteiger partial charge is 0.481 e. The predicted octanol–water partition coefficient (Wildman–Crippen LogP) is 6.56. The molecule has 4 N–H and O–H groups in total. The molecule has 1 heterocycles. The summed E-state index contributed by atoms with van der Waals surface area (Å²) in [6, 6.07) is 33.3. The Hall–Kier alpha value is -4.38. The fourth-order valence-corrected chi connectivity index (χ4v) is 6.41. The highest BCUT2D eigenvalue weighted by Gasteiger charge is 2.39. The molecular weight excluding hydrogens is 632 g/mol. The van der Waals surface area contributed by atoms with Crippen molar-refractivity contribution in [2.24, 2.45) is 5.92 Å². The number of benzene rings is 4. The predicted molar refractivity (Wildman–Crippen MR) is 192 cm³/mol. The van der Waals surface area contributed by atoms with Crippen molar-refractivity contribution in [3.8, 4) is 11.1 Å². The second kappa shape index (κ2) is 17.5. The van der Waals surface area contributed by atoms with E-state index >= 15 is 0 Å². The average Bonchev–Trinajstić information content (AvgIpc) is 3.14. The minimum Gasteiger partial charge on any atom is -0.481 e. The smallest absolute Gasteiger partial charge is 0.303 e. The number of hydrogen-bond acceptors (Lipinski definition) is 7. The quantitative estimate of drug-likeness (QED) is 0.111. The molecule has 9 nitrogen and oxygen atoms in total. The number of nitrogens with zero attached hydrogens (tertiary/aromatic N) is 1. The van der Waals surface area contributed by atoms with Crippen LogP contribution in [0.25, 0.3) is 11.1 Å². The molecule has 1 aliphatic heterocycles. The van der Waals surface area contributed by atoms with Crippen LogP contribution in [0.15, 0.2) is 103 Å². The van der Waals surface area contributed by atoms with E-state index in [9.17, 15) is 19.8 Å². The summed E-state index contributed by atoms with van der Waals surface area (Å²) in [6.45, 7) is 5.02. The normalized spacial score (nSPS) is 20.3. The number of likely N-dealkylation sites (N-methyl/N-ethyl adjacent to an activating group) is 1. The van der Waals surface area contributed by atoms with Crippen LogP contribution in [0, 0.1) is 5.92 Å². The second-order valence-corrected chi connectivity index (χ2v) is 13.2. The van der Waals surface area contributed by atoms with Gasteiger partial charge in [0, 0.05) is 43.5 Å². The van der Waals surface area contributed by atoms with Gasteiger partial charge in [-0.15, -0.1) is 0 Å². The van der Waals surface area contributed by atoms with Gasteiger partial charge < -0.3 is 30.1 Å². The molecule has 1 amide bonds. The highest BCUT2D eigenvalue weighted by atomic mass is 16.7. The van der Waals surface area contributed by atoms with Gasteiger partial charge in [-0.1, -0.05) is 110 Å². The van der Waals surface area contributed by atoms with E-state index in [4.69, 9.17) is 14.6 Å². The summed E-state index contributed by atoms with van der Waals surface area (Å²) >= 11 is 0. The summed E-state index contributed by atoms with van der Waals surface area (Å²) in [6.07, 6.45) is -1.35. The number of nitrogens with one attached hydrogen (secondary N) is 1. The zero-order valence-electron chi connectivity index (χ0n) is 28.9. The monoisotopic (exact) mass is 680 g/mol. The Morgan fingerprint density at radius 2 is 1.52 bits per heavy atom. The molecule has 9 heteroatoms. The van der Waals surface area contributed by atoms with Gasteiger partial charge in [-0.2, -0.15) is 0 Å². The molecule has 4 aromatic carbocycles. The number of aliphatic hydroxyl groups excluding tert-OH is 2. The third-order valence-electron chi connectivity index (χ3n) is 9.67. The average molecular weight is 681 g/mol. The summed E-state index contributed by atoms with van der Waals surface area (Å²) in [5, 5.41) is 32.5. The molecule has 6 atom stereocenters. The van der Waals surface area contributed by atoms with E-state index < -0.39 is 18.4 Å². The molecule has 1 aliphatic rings. The van der Waals surface area contributed by atoms with Crippen molar-refractivity contribution in [3.05, 3.63) is 131 Å². The number of rotatable bonds is 15. The fraction of sp³-hybridized carbons (Fsp3) is 0.366. The Bertz CT molecular complexity index is 1680. The van der Waals surface area contributed by atoms with Crippen molar-refractivity contribution in [2.45, 2.75) is 76.9 Å². The SMILES string of the molecule is C[C@H]1[C@@H](CN(C)[C@H](C)[C@@H](O)c2ccccc2)O[C@@H](c2ccc(-c3ccccc3CNC(=O)CCCC(=O)O)cc2)O[C@H]1c1ccc(CO)cc1. The first-order chi connectivity index (χ1) is 24.1. The first-order valence-electron chi connectivity index (χ1n) is 17.2. The Kier molecular flexibility index (Phi) is 12.9. The number of hydrogen-bond donors (Lipinski definition) is 4. The van der Waals surface area contributed by atoms with Crippen molar-refractivity contribution in [2.75, 3.05) is 13.6 Å². The Morgan fingerprint density at radius 3 is 2.20 bits per heavy atom. The molecular formula is C41H48N2O7. The maximum Gasteiger partial charge on any atom is 0.303 e. The molecule has 0 spiro atoms. The summed E-state index contributed by atoms with van der Waals surface area (Å²) in [7, 11) is 2.01. The number of amides is 1. The van der Waals surface area contributed by atoms with Crippen molar-refractivity contribution < 1.29 is 34.4 Å². The second-order valence-electron chi connectivity index (χ2n) is 13.2. The number of aliphatic carboxylic acids is 1. The molecule has 0 saturated carbocycles. The zero-order valence-corrected chi connectivity index (χ0v) is 28.9. The lowest BCUT2D eigenvalue weighted by Gasteiger charge is -2.43. The highest BCUT2D eigenvalue weighted by molar-refractivity contribution is 5.77. The third-order valence-corrected chi connectivity index (χ3v) is 9.67. The number of carbonyl (C=O) groups excluding carboxylic acids is 1. The van der Waals surface area contributed by atoms with Crippen molar-refractivity contribution in [3.63, 3.8) is 0 Å². The first-order valence-corrected chi connectivity index (χ1v) is 17.2. The van der Waals surface area contributed by atoms with Crippen LogP contribution in [-0.4, -0.2) is 57.8 Å². The molecule has 4 aromatic rings. The van der Waals surface area contributed by atoms with E-state index in [-0.39, 0.29) is 49.5 Å². The van der Waals surface area contributed by atoms with Crippen LogP contribution < -0.4 is 5.32 Å². The van der Waals surface area contributed by atoms with E-state index in [1.54, 1.807) is 0 Å². The van der Waals surface area contributed by atoms with Gasteiger partial charge in [0.1, 0.15) is 0 Å². The lowest BCUT2D eigenvalue weighted by molar-refractivity contribution is -0.276. The molecule has 5 rings (SSSR count). The van der Waals surface area contributed by atoms with Gasteiger partial charge in [0.2, 0.25) is 5.91 Å². The van der Waals surface area contributed by atoms with E-state index in [2.05, 4.69) is 17.1 Å². The van der Waals surface area contributed by atoms with E-state index in [0.29, 0.717) is 19.5 Å². The van der Waals surface area contributed by atoms with Gasteiger partial charge in [-0.25, -0.2) is 0 Å². The lowest BCUT2D eigenvalue weighted by atomic mass is 9.89. The van der Waals surface area contributed by atoms with Gasteiger partial charge in [-0.05, 0) is 53.8 Å². The molecule has 264 valence electrons. The number of ether oxygens (including phenoxy) is 2. The van der Waals surface area contributed by atoms with Crippen LogP contribution in [0.4, 0.5) is 0 Å².